The molecule has 102 valence electrons. The number of anilines is 1. The van der Waals surface area contributed by atoms with Crippen molar-refractivity contribution in [2.75, 3.05) is 5.32 Å². The van der Waals surface area contributed by atoms with Crippen LogP contribution >= 0.6 is 0 Å². The lowest BCUT2D eigenvalue weighted by molar-refractivity contribution is 0.998. The molecule has 1 aromatic carbocycles. The fourth-order valence-electron chi connectivity index (χ4n) is 1.97. The van der Waals surface area contributed by atoms with E-state index in [0.29, 0.717) is 12.2 Å². The van der Waals surface area contributed by atoms with Gasteiger partial charge in [-0.1, -0.05) is 30.3 Å². The summed E-state index contributed by atoms with van der Waals surface area (Å²) < 4.78 is 0. The summed E-state index contributed by atoms with van der Waals surface area (Å²) in [6.07, 6.45) is 3.46. The van der Waals surface area contributed by atoms with Crippen molar-refractivity contribution in [3.63, 3.8) is 0 Å². The maximum Gasteiger partial charge on any atom is 0.140 e. The smallest absolute Gasteiger partial charge is 0.140 e. The molecule has 0 fully saturated rings. The Morgan fingerprint density at radius 3 is 2.62 bits per heavy atom. The maximum atomic E-state index is 8.70. The van der Waals surface area contributed by atoms with Crippen LogP contribution < -0.4 is 5.32 Å². The number of aromatic amines is 1. The van der Waals surface area contributed by atoms with E-state index in [1.807, 2.05) is 48.7 Å². The van der Waals surface area contributed by atoms with E-state index < -0.39 is 0 Å². The van der Waals surface area contributed by atoms with Gasteiger partial charge in [-0.3, -0.25) is 0 Å². The zero-order chi connectivity index (χ0) is 14.5. The van der Waals surface area contributed by atoms with Crippen LogP contribution in [0.2, 0.25) is 0 Å². The monoisotopic (exact) mass is 275 g/mol. The Balaban J connectivity index is 1.66. The number of nitriles is 1. The number of imidazole rings is 1. The van der Waals surface area contributed by atoms with E-state index in [4.69, 9.17) is 5.26 Å². The lowest BCUT2D eigenvalue weighted by atomic mass is 10.2. The van der Waals surface area contributed by atoms with Gasteiger partial charge in [0, 0.05) is 0 Å². The molecule has 0 atom stereocenters. The summed E-state index contributed by atoms with van der Waals surface area (Å²) in [4.78, 5) is 11.6. The van der Waals surface area contributed by atoms with E-state index in [-0.39, 0.29) is 0 Å². The van der Waals surface area contributed by atoms with Crippen LogP contribution in [0.4, 0.5) is 5.69 Å². The summed E-state index contributed by atoms with van der Waals surface area (Å²) >= 11 is 0. The second-order valence-electron chi connectivity index (χ2n) is 4.51. The fourth-order valence-corrected chi connectivity index (χ4v) is 1.97. The quantitative estimate of drug-likeness (QED) is 0.767. The number of aromatic nitrogens is 3. The first-order chi connectivity index (χ1) is 10.3. The van der Waals surface area contributed by atoms with Crippen LogP contribution in [-0.4, -0.2) is 15.0 Å². The highest BCUT2D eigenvalue weighted by molar-refractivity contribution is 5.58. The molecular weight excluding hydrogens is 262 g/mol. The summed E-state index contributed by atoms with van der Waals surface area (Å²) in [6.45, 7) is 0.570. The molecule has 0 aliphatic rings. The predicted octanol–water partition coefficient (Wildman–Crippen LogP) is 2.96. The SMILES string of the molecule is N#Cc1ccc(NCc2ncc(-c3ccccc3)[nH]2)cn1. The Hall–Kier alpha value is -3.13. The molecular formula is C16H13N5. The van der Waals surface area contributed by atoms with Crippen LogP contribution in [0, 0.1) is 11.3 Å². The van der Waals surface area contributed by atoms with Crippen LogP contribution in [0.1, 0.15) is 11.5 Å². The Kier molecular flexibility index (Phi) is 3.61. The minimum atomic E-state index is 0.407. The third-order valence-electron chi connectivity index (χ3n) is 3.05. The fraction of sp³-hybridized carbons (Fsp3) is 0.0625. The zero-order valence-electron chi connectivity index (χ0n) is 11.2. The largest absolute Gasteiger partial charge is 0.377 e. The summed E-state index contributed by atoms with van der Waals surface area (Å²) in [7, 11) is 0. The van der Waals surface area contributed by atoms with Gasteiger partial charge in [0.2, 0.25) is 0 Å². The molecule has 5 heteroatoms. The average molecular weight is 275 g/mol. The standard InChI is InChI=1S/C16H13N5/c17-8-13-6-7-14(9-18-13)19-11-16-20-10-15(21-16)12-4-2-1-3-5-12/h1-7,9-10,19H,11H2,(H,20,21). The molecule has 0 bridgehead atoms. The summed E-state index contributed by atoms with van der Waals surface area (Å²) in [5, 5.41) is 11.9. The molecule has 0 radical (unpaired) electrons. The van der Waals surface area contributed by atoms with Gasteiger partial charge in [-0.15, -0.1) is 0 Å². The van der Waals surface area contributed by atoms with Gasteiger partial charge in [0.05, 0.1) is 30.3 Å². The molecule has 0 aliphatic carbocycles. The third kappa shape index (κ3) is 3.07. The van der Waals surface area contributed by atoms with Crippen LogP contribution in [0.3, 0.4) is 0 Å². The lowest BCUT2D eigenvalue weighted by Crippen LogP contribution is -2.01. The maximum absolute atomic E-state index is 8.70. The summed E-state index contributed by atoms with van der Waals surface area (Å²) in [5.41, 5.74) is 3.36. The number of H-pyrrole nitrogens is 1. The van der Waals surface area contributed by atoms with Crippen molar-refractivity contribution in [2.45, 2.75) is 6.54 Å². The minimum absolute atomic E-state index is 0.407. The van der Waals surface area contributed by atoms with Gasteiger partial charge in [0.1, 0.15) is 17.6 Å². The molecule has 0 spiro atoms. The van der Waals surface area contributed by atoms with Gasteiger partial charge < -0.3 is 10.3 Å². The Morgan fingerprint density at radius 1 is 1.05 bits per heavy atom. The molecule has 5 nitrogen and oxygen atoms in total. The predicted molar refractivity (Wildman–Crippen MR) is 80.3 cm³/mol. The number of rotatable bonds is 4. The second kappa shape index (κ2) is 5.88. The molecule has 0 amide bonds. The molecule has 2 heterocycles. The Labute approximate surface area is 122 Å². The average Bonchev–Trinajstić information content (AvgIpc) is 3.03. The van der Waals surface area contributed by atoms with Crippen molar-refractivity contribution in [2.24, 2.45) is 0 Å². The highest BCUT2D eigenvalue weighted by atomic mass is 15.0. The van der Waals surface area contributed by atoms with Crippen molar-refractivity contribution >= 4 is 5.69 Å². The molecule has 0 unspecified atom stereocenters. The van der Waals surface area contributed by atoms with E-state index in [2.05, 4.69) is 20.3 Å². The summed E-state index contributed by atoms with van der Waals surface area (Å²) in [5.74, 6) is 0.846. The number of pyridine rings is 1. The van der Waals surface area contributed by atoms with Crippen molar-refractivity contribution in [3.8, 4) is 17.3 Å². The normalized spacial score (nSPS) is 10.0. The van der Waals surface area contributed by atoms with Crippen molar-refractivity contribution < 1.29 is 0 Å². The van der Waals surface area contributed by atoms with E-state index >= 15 is 0 Å². The third-order valence-corrected chi connectivity index (χ3v) is 3.05. The summed E-state index contributed by atoms with van der Waals surface area (Å²) in [6, 6.07) is 15.6. The van der Waals surface area contributed by atoms with E-state index in [1.54, 1.807) is 12.3 Å². The molecule has 3 rings (SSSR count). The number of hydrogen-bond acceptors (Lipinski definition) is 4. The molecule has 0 aliphatic heterocycles. The van der Waals surface area contributed by atoms with Gasteiger partial charge >= 0.3 is 0 Å². The molecule has 21 heavy (non-hydrogen) atoms. The Bertz CT molecular complexity index is 753. The van der Waals surface area contributed by atoms with Crippen LogP contribution in [0.25, 0.3) is 11.3 Å². The second-order valence-corrected chi connectivity index (χ2v) is 4.51. The van der Waals surface area contributed by atoms with Crippen molar-refractivity contribution in [3.05, 3.63) is 66.4 Å². The topological polar surface area (TPSA) is 77.4 Å². The molecule has 0 saturated carbocycles. The molecule has 3 aromatic rings. The van der Waals surface area contributed by atoms with Crippen LogP contribution in [-0.2, 0) is 6.54 Å². The number of nitrogens with zero attached hydrogens (tertiary/aromatic N) is 3. The van der Waals surface area contributed by atoms with Gasteiger partial charge in [-0.05, 0) is 17.7 Å². The van der Waals surface area contributed by atoms with Crippen LogP contribution in [0.5, 0.6) is 0 Å². The first kappa shape index (κ1) is 12.9. The number of benzene rings is 1. The Morgan fingerprint density at radius 2 is 1.90 bits per heavy atom. The first-order valence-electron chi connectivity index (χ1n) is 6.54. The van der Waals surface area contributed by atoms with Gasteiger partial charge in [0.15, 0.2) is 0 Å². The van der Waals surface area contributed by atoms with Gasteiger partial charge in [0.25, 0.3) is 0 Å². The van der Waals surface area contributed by atoms with Crippen LogP contribution in [0.15, 0.2) is 54.9 Å². The highest BCUT2D eigenvalue weighted by Gasteiger charge is 2.03. The van der Waals surface area contributed by atoms with E-state index in [0.717, 1.165) is 22.8 Å². The number of nitrogens with one attached hydrogen (secondary N) is 2. The number of hydrogen-bond donors (Lipinski definition) is 2. The van der Waals surface area contributed by atoms with Gasteiger partial charge in [-0.25, -0.2) is 9.97 Å². The molecule has 0 saturated heterocycles. The van der Waals surface area contributed by atoms with Crippen molar-refractivity contribution in [1.82, 2.24) is 15.0 Å². The molecule has 2 N–H and O–H groups in total. The lowest BCUT2D eigenvalue weighted by Gasteiger charge is -2.03. The first-order valence-corrected chi connectivity index (χ1v) is 6.54. The minimum Gasteiger partial charge on any atom is -0.377 e. The molecule has 2 aromatic heterocycles. The highest BCUT2D eigenvalue weighted by Crippen LogP contribution is 2.16. The van der Waals surface area contributed by atoms with Gasteiger partial charge in [-0.2, -0.15) is 5.26 Å². The zero-order valence-corrected chi connectivity index (χ0v) is 11.2. The van der Waals surface area contributed by atoms with Crippen molar-refractivity contribution in [1.29, 1.82) is 5.26 Å². The van der Waals surface area contributed by atoms with E-state index in [1.165, 1.54) is 0 Å². The van der Waals surface area contributed by atoms with E-state index in [9.17, 15) is 0 Å².